The molecule has 1 aromatic heterocycles. The van der Waals surface area contributed by atoms with Crippen LogP contribution >= 0.6 is 0 Å². The van der Waals surface area contributed by atoms with Crippen LogP contribution in [0.25, 0.3) is 6.08 Å². The van der Waals surface area contributed by atoms with Crippen LogP contribution in [0.2, 0.25) is 0 Å². The highest BCUT2D eigenvalue weighted by Gasteiger charge is 2.05. The van der Waals surface area contributed by atoms with Crippen molar-refractivity contribution in [3.05, 3.63) is 66.0 Å². The van der Waals surface area contributed by atoms with E-state index in [9.17, 15) is 9.90 Å². The van der Waals surface area contributed by atoms with E-state index in [2.05, 4.69) is 4.98 Å². The van der Waals surface area contributed by atoms with E-state index in [0.717, 1.165) is 11.1 Å². The number of phenolic OH excluding ortho intramolecular Hbond substituents is 1. The van der Waals surface area contributed by atoms with Gasteiger partial charge in [0, 0.05) is 32.1 Å². The van der Waals surface area contributed by atoms with Crippen molar-refractivity contribution in [3.8, 4) is 5.75 Å². The van der Waals surface area contributed by atoms with Crippen molar-refractivity contribution in [3.63, 3.8) is 0 Å². The Hall–Kier alpha value is -2.62. The van der Waals surface area contributed by atoms with Crippen molar-refractivity contribution < 1.29 is 9.90 Å². The molecule has 0 aliphatic rings. The molecule has 0 bridgehead atoms. The molecule has 2 aromatic rings. The quantitative estimate of drug-likeness (QED) is 0.867. The molecule has 1 heterocycles. The maximum atomic E-state index is 12.0. The third kappa shape index (κ3) is 3.95. The van der Waals surface area contributed by atoms with E-state index in [4.69, 9.17) is 0 Å². The molecule has 1 aromatic carbocycles. The van der Waals surface area contributed by atoms with Crippen LogP contribution in [-0.4, -0.2) is 27.9 Å². The Morgan fingerprint density at radius 2 is 2.05 bits per heavy atom. The molecule has 0 unspecified atom stereocenters. The molecule has 4 heteroatoms. The van der Waals surface area contributed by atoms with E-state index < -0.39 is 0 Å². The zero-order valence-corrected chi connectivity index (χ0v) is 11.2. The van der Waals surface area contributed by atoms with Crippen molar-refractivity contribution in [2.75, 3.05) is 7.05 Å². The predicted molar refractivity (Wildman–Crippen MR) is 77.9 cm³/mol. The number of likely N-dealkylation sites (N-methyl/N-ethyl adjacent to an activating group) is 1. The van der Waals surface area contributed by atoms with Gasteiger partial charge in [0.05, 0.1) is 0 Å². The summed E-state index contributed by atoms with van der Waals surface area (Å²) in [5, 5.41) is 9.21. The highest BCUT2D eigenvalue weighted by molar-refractivity contribution is 5.91. The molecule has 0 aliphatic carbocycles. The second kappa shape index (κ2) is 6.52. The number of amides is 1. The fraction of sp³-hybridized carbons (Fsp3) is 0.125. The summed E-state index contributed by atoms with van der Waals surface area (Å²) in [6, 6.07) is 10.5. The van der Waals surface area contributed by atoms with E-state index >= 15 is 0 Å². The normalized spacial score (nSPS) is 10.7. The number of rotatable bonds is 4. The second-order valence-corrected chi connectivity index (χ2v) is 4.48. The summed E-state index contributed by atoms with van der Waals surface area (Å²) in [5.74, 6) is 0.140. The summed E-state index contributed by atoms with van der Waals surface area (Å²) in [5.41, 5.74) is 1.85. The molecular formula is C16H16N2O2. The third-order valence-corrected chi connectivity index (χ3v) is 2.84. The van der Waals surface area contributed by atoms with Gasteiger partial charge in [-0.05, 0) is 35.4 Å². The molecule has 0 saturated heterocycles. The molecule has 0 saturated carbocycles. The minimum absolute atomic E-state index is 0.0815. The van der Waals surface area contributed by atoms with E-state index in [1.165, 1.54) is 6.08 Å². The van der Waals surface area contributed by atoms with E-state index in [-0.39, 0.29) is 11.7 Å². The van der Waals surface area contributed by atoms with Crippen molar-refractivity contribution in [1.82, 2.24) is 9.88 Å². The van der Waals surface area contributed by atoms with Crippen LogP contribution < -0.4 is 0 Å². The number of hydrogen-bond donors (Lipinski definition) is 1. The molecule has 0 spiro atoms. The number of phenols is 1. The summed E-state index contributed by atoms with van der Waals surface area (Å²) in [7, 11) is 1.74. The Labute approximate surface area is 118 Å². The molecule has 2 rings (SSSR count). The zero-order chi connectivity index (χ0) is 14.4. The topological polar surface area (TPSA) is 53.4 Å². The molecule has 0 fully saturated rings. The number of aromatic hydroxyl groups is 1. The van der Waals surface area contributed by atoms with Gasteiger partial charge in [-0.15, -0.1) is 0 Å². The molecule has 4 nitrogen and oxygen atoms in total. The second-order valence-electron chi connectivity index (χ2n) is 4.48. The Bertz CT molecular complexity index is 592. The van der Waals surface area contributed by atoms with Gasteiger partial charge in [-0.3, -0.25) is 9.78 Å². The Morgan fingerprint density at radius 3 is 2.70 bits per heavy atom. The molecular weight excluding hydrogens is 252 g/mol. The lowest BCUT2D eigenvalue weighted by Gasteiger charge is -2.15. The fourth-order valence-electron chi connectivity index (χ4n) is 1.72. The molecule has 0 radical (unpaired) electrons. The number of carbonyl (C=O) groups excluding carboxylic acids is 1. The number of pyridine rings is 1. The van der Waals surface area contributed by atoms with Gasteiger partial charge in [0.15, 0.2) is 0 Å². The minimum Gasteiger partial charge on any atom is -0.508 e. The monoisotopic (exact) mass is 268 g/mol. The number of hydrogen-bond acceptors (Lipinski definition) is 3. The Balaban J connectivity index is 1.95. The van der Waals surface area contributed by atoms with Gasteiger partial charge in [0.2, 0.25) is 5.91 Å². The van der Waals surface area contributed by atoms with Gasteiger partial charge in [0.25, 0.3) is 0 Å². The average molecular weight is 268 g/mol. The lowest BCUT2D eigenvalue weighted by atomic mass is 10.2. The van der Waals surface area contributed by atoms with Crippen molar-refractivity contribution >= 4 is 12.0 Å². The largest absolute Gasteiger partial charge is 0.508 e. The summed E-state index contributed by atoms with van der Waals surface area (Å²) in [6.45, 7) is 0.497. The zero-order valence-electron chi connectivity index (χ0n) is 11.2. The summed E-state index contributed by atoms with van der Waals surface area (Å²) in [4.78, 5) is 17.6. The summed E-state index contributed by atoms with van der Waals surface area (Å²) < 4.78 is 0. The van der Waals surface area contributed by atoms with Gasteiger partial charge >= 0.3 is 0 Å². The van der Waals surface area contributed by atoms with Crippen LogP contribution in [0.1, 0.15) is 11.1 Å². The van der Waals surface area contributed by atoms with Crippen molar-refractivity contribution in [2.45, 2.75) is 6.54 Å². The smallest absolute Gasteiger partial charge is 0.246 e. The first-order valence-electron chi connectivity index (χ1n) is 6.26. The molecule has 20 heavy (non-hydrogen) atoms. The molecule has 102 valence electrons. The highest BCUT2D eigenvalue weighted by Crippen LogP contribution is 2.11. The average Bonchev–Trinajstić information content (AvgIpc) is 2.48. The first-order chi connectivity index (χ1) is 9.65. The molecule has 1 N–H and O–H groups in total. The number of benzene rings is 1. The molecule has 0 atom stereocenters. The highest BCUT2D eigenvalue weighted by atomic mass is 16.3. The lowest BCUT2D eigenvalue weighted by molar-refractivity contribution is -0.125. The summed E-state index contributed by atoms with van der Waals surface area (Å²) in [6.07, 6.45) is 6.65. The van der Waals surface area contributed by atoms with Crippen LogP contribution in [0, 0.1) is 0 Å². The Kier molecular flexibility index (Phi) is 4.50. The molecule has 0 aliphatic heterocycles. The number of aromatic nitrogens is 1. The van der Waals surface area contributed by atoms with Gasteiger partial charge in [-0.1, -0.05) is 18.2 Å². The van der Waals surface area contributed by atoms with Gasteiger partial charge in [-0.25, -0.2) is 0 Å². The number of carbonyl (C=O) groups is 1. The van der Waals surface area contributed by atoms with E-state index in [0.29, 0.717) is 6.54 Å². The van der Waals surface area contributed by atoms with Gasteiger partial charge < -0.3 is 10.0 Å². The maximum Gasteiger partial charge on any atom is 0.246 e. The first-order valence-corrected chi connectivity index (χ1v) is 6.26. The van der Waals surface area contributed by atoms with E-state index in [1.807, 2.05) is 12.1 Å². The standard InChI is InChI=1S/C16H16N2O2/c1-18(12-14-4-7-15(19)8-5-14)16(20)9-6-13-3-2-10-17-11-13/h2-11,19H,12H2,1H3/b9-6+. The minimum atomic E-state index is -0.0815. The SMILES string of the molecule is CN(Cc1ccc(O)cc1)C(=O)/C=C/c1cccnc1. The Morgan fingerprint density at radius 1 is 1.30 bits per heavy atom. The van der Waals surface area contributed by atoms with Gasteiger partial charge in [0.1, 0.15) is 5.75 Å². The lowest BCUT2D eigenvalue weighted by Crippen LogP contribution is -2.24. The number of nitrogens with zero attached hydrogens (tertiary/aromatic N) is 2. The first kappa shape index (κ1) is 13.8. The van der Waals surface area contributed by atoms with Crippen LogP contribution in [0.15, 0.2) is 54.9 Å². The van der Waals surface area contributed by atoms with Crippen molar-refractivity contribution in [1.29, 1.82) is 0 Å². The summed E-state index contributed by atoms with van der Waals surface area (Å²) >= 11 is 0. The van der Waals surface area contributed by atoms with Crippen molar-refractivity contribution in [2.24, 2.45) is 0 Å². The third-order valence-electron chi connectivity index (χ3n) is 2.84. The van der Waals surface area contributed by atoms with E-state index in [1.54, 1.807) is 54.7 Å². The fourth-order valence-corrected chi connectivity index (χ4v) is 1.72. The van der Waals surface area contributed by atoms with Crippen LogP contribution in [-0.2, 0) is 11.3 Å². The van der Waals surface area contributed by atoms with Crippen LogP contribution in [0.4, 0.5) is 0 Å². The molecule has 1 amide bonds. The van der Waals surface area contributed by atoms with Crippen LogP contribution in [0.5, 0.6) is 5.75 Å². The van der Waals surface area contributed by atoms with Crippen LogP contribution in [0.3, 0.4) is 0 Å². The van der Waals surface area contributed by atoms with Gasteiger partial charge in [-0.2, -0.15) is 0 Å². The predicted octanol–water partition coefficient (Wildman–Crippen LogP) is 2.46. The maximum absolute atomic E-state index is 12.0.